The van der Waals surface area contributed by atoms with Crippen LogP contribution in [0.4, 0.5) is 5.69 Å². The van der Waals surface area contributed by atoms with E-state index < -0.39 is 0 Å². The van der Waals surface area contributed by atoms with Crippen molar-refractivity contribution in [2.75, 3.05) is 25.0 Å². The van der Waals surface area contributed by atoms with Crippen molar-refractivity contribution < 1.29 is 14.4 Å². The van der Waals surface area contributed by atoms with E-state index >= 15 is 0 Å². The zero-order valence-corrected chi connectivity index (χ0v) is 16.4. The van der Waals surface area contributed by atoms with Gasteiger partial charge < -0.3 is 15.1 Å². The highest BCUT2D eigenvalue weighted by Gasteiger charge is 2.39. The summed E-state index contributed by atoms with van der Waals surface area (Å²) in [4.78, 5) is 41.4. The number of hydrogen-bond acceptors (Lipinski definition) is 3. The van der Waals surface area contributed by atoms with Crippen LogP contribution in [0.15, 0.2) is 24.3 Å². The van der Waals surface area contributed by atoms with Gasteiger partial charge in [0, 0.05) is 36.8 Å². The summed E-state index contributed by atoms with van der Waals surface area (Å²) in [5, 5.41) is 2.91. The smallest absolute Gasteiger partial charge is 0.254 e. The van der Waals surface area contributed by atoms with Crippen LogP contribution in [-0.4, -0.2) is 53.2 Å². The molecule has 0 radical (unpaired) electrons. The Morgan fingerprint density at radius 1 is 1.22 bits per heavy atom. The van der Waals surface area contributed by atoms with Crippen molar-refractivity contribution >= 4 is 23.4 Å². The molecule has 3 atom stereocenters. The fraction of sp³-hybridized carbons (Fsp3) is 0.571. The van der Waals surface area contributed by atoms with E-state index in [1.165, 1.54) is 0 Å². The topological polar surface area (TPSA) is 69.7 Å². The number of nitrogens with one attached hydrogen (secondary N) is 1. The molecule has 27 heavy (non-hydrogen) atoms. The molecule has 0 aromatic heterocycles. The van der Waals surface area contributed by atoms with E-state index in [1.807, 2.05) is 13.8 Å². The van der Waals surface area contributed by atoms with Crippen molar-refractivity contribution in [1.29, 1.82) is 0 Å². The van der Waals surface area contributed by atoms with Gasteiger partial charge in [-0.25, -0.2) is 0 Å². The van der Waals surface area contributed by atoms with Crippen LogP contribution in [0, 0.1) is 11.8 Å². The lowest BCUT2D eigenvalue weighted by molar-refractivity contribution is -0.134. The highest BCUT2D eigenvalue weighted by Crippen LogP contribution is 2.38. The van der Waals surface area contributed by atoms with Crippen LogP contribution >= 0.6 is 0 Å². The van der Waals surface area contributed by atoms with Gasteiger partial charge >= 0.3 is 0 Å². The van der Waals surface area contributed by atoms with E-state index in [0.717, 1.165) is 12.8 Å². The summed E-state index contributed by atoms with van der Waals surface area (Å²) in [5.41, 5.74) is 1.15. The summed E-state index contributed by atoms with van der Waals surface area (Å²) < 4.78 is 0. The summed E-state index contributed by atoms with van der Waals surface area (Å²) in [6, 6.07) is 6.64. The predicted molar refractivity (Wildman–Crippen MR) is 104 cm³/mol. The molecule has 0 bridgehead atoms. The Labute approximate surface area is 160 Å². The van der Waals surface area contributed by atoms with Crippen LogP contribution in [-0.2, 0) is 9.59 Å². The van der Waals surface area contributed by atoms with Crippen molar-refractivity contribution in [1.82, 2.24) is 9.80 Å². The van der Waals surface area contributed by atoms with Crippen LogP contribution < -0.4 is 5.32 Å². The molecule has 1 heterocycles. The lowest BCUT2D eigenvalue weighted by Crippen LogP contribution is -2.47. The van der Waals surface area contributed by atoms with Crippen LogP contribution in [0.5, 0.6) is 0 Å². The minimum atomic E-state index is -0.386. The summed E-state index contributed by atoms with van der Waals surface area (Å²) in [6.45, 7) is 7.85. The Balaban J connectivity index is 1.72. The lowest BCUT2D eigenvalue weighted by atomic mass is 10.1. The summed E-state index contributed by atoms with van der Waals surface area (Å²) in [5.74, 6) is 0.417. The third kappa shape index (κ3) is 4.15. The van der Waals surface area contributed by atoms with E-state index in [0.29, 0.717) is 43.2 Å². The Hall–Kier alpha value is -2.37. The summed E-state index contributed by atoms with van der Waals surface area (Å²) >= 11 is 0. The van der Waals surface area contributed by atoms with Crippen molar-refractivity contribution in [2.45, 2.75) is 46.1 Å². The molecule has 1 aliphatic heterocycles. The van der Waals surface area contributed by atoms with Gasteiger partial charge in [0.25, 0.3) is 5.91 Å². The van der Waals surface area contributed by atoms with Gasteiger partial charge in [0.15, 0.2) is 0 Å². The second-order valence-electron chi connectivity index (χ2n) is 7.56. The molecule has 1 aromatic carbocycles. The molecule has 2 aliphatic rings. The largest absolute Gasteiger partial charge is 0.341 e. The number of rotatable bonds is 6. The first-order chi connectivity index (χ1) is 13.0. The highest BCUT2D eigenvalue weighted by atomic mass is 16.2. The average Bonchev–Trinajstić information content (AvgIpc) is 3.20. The SMILES string of the molecule is CCN(CC)C(=O)C1CCCN1C(=O)c1cccc(NC(=O)C2CC2C)c1. The van der Waals surface area contributed by atoms with Gasteiger partial charge in [-0.05, 0) is 57.2 Å². The van der Waals surface area contributed by atoms with Crippen LogP contribution in [0.3, 0.4) is 0 Å². The molecule has 146 valence electrons. The van der Waals surface area contributed by atoms with Gasteiger partial charge in [-0.1, -0.05) is 13.0 Å². The monoisotopic (exact) mass is 371 g/mol. The number of likely N-dealkylation sites (N-methyl/N-ethyl adjacent to an activating group) is 1. The van der Waals surface area contributed by atoms with E-state index in [9.17, 15) is 14.4 Å². The zero-order valence-electron chi connectivity index (χ0n) is 16.4. The Morgan fingerprint density at radius 2 is 1.93 bits per heavy atom. The number of benzene rings is 1. The molecule has 1 N–H and O–H groups in total. The zero-order chi connectivity index (χ0) is 19.6. The third-order valence-electron chi connectivity index (χ3n) is 5.70. The van der Waals surface area contributed by atoms with E-state index in [-0.39, 0.29) is 29.7 Å². The van der Waals surface area contributed by atoms with Crippen molar-refractivity contribution in [3.05, 3.63) is 29.8 Å². The normalized spacial score (nSPS) is 23.8. The summed E-state index contributed by atoms with van der Waals surface area (Å²) in [7, 11) is 0. The first-order valence-electron chi connectivity index (χ1n) is 9.96. The maximum absolute atomic E-state index is 13.0. The molecule has 1 aromatic rings. The average molecular weight is 371 g/mol. The van der Waals surface area contributed by atoms with E-state index in [4.69, 9.17) is 0 Å². The number of carbonyl (C=O) groups excluding carboxylic acids is 3. The van der Waals surface area contributed by atoms with Crippen molar-refractivity contribution in [2.24, 2.45) is 11.8 Å². The number of nitrogens with zero attached hydrogens (tertiary/aromatic N) is 2. The second-order valence-corrected chi connectivity index (χ2v) is 7.56. The minimum absolute atomic E-state index is 0.0165. The molecule has 2 fully saturated rings. The van der Waals surface area contributed by atoms with Crippen LogP contribution in [0.25, 0.3) is 0 Å². The first-order valence-corrected chi connectivity index (χ1v) is 9.96. The third-order valence-corrected chi connectivity index (χ3v) is 5.70. The van der Waals surface area contributed by atoms with Crippen LogP contribution in [0.1, 0.15) is 50.4 Å². The Kier molecular flexibility index (Phi) is 5.82. The molecule has 3 rings (SSSR count). The molecular weight excluding hydrogens is 342 g/mol. The van der Waals surface area contributed by atoms with Gasteiger partial charge in [-0.15, -0.1) is 0 Å². The molecule has 1 aliphatic carbocycles. The van der Waals surface area contributed by atoms with Gasteiger partial charge in [-0.2, -0.15) is 0 Å². The lowest BCUT2D eigenvalue weighted by Gasteiger charge is -2.29. The molecule has 6 heteroatoms. The quantitative estimate of drug-likeness (QED) is 0.836. The second kappa shape index (κ2) is 8.11. The Morgan fingerprint density at radius 3 is 2.56 bits per heavy atom. The van der Waals surface area contributed by atoms with Crippen molar-refractivity contribution in [3.8, 4) is 0 Å². The molecule has 1 saturated carbocycles. The highest BCUT2D eigenvalue weighted by molar-refractivity contribution is 6.00. The molecule has 3 unspecified atom stereocenters. The molecule has 6 nitrogen and oxygen atoms in total. The maximum Gasteiger partial charge on any atom is 0.254 e. The molecule has 3 amide bonds. The van der Waals surface area contributed by atoms with Gasteiger partial charge in [0.2, 0.25) is 11.8 Å². The Bertz CT molecular complexity index is 729. The standard InChI is InChI=1S/C21H29N3O3/c1-4-23(5-2)21(27)18-10-7-11-24(18)20(26)15-8-6-9-16(13-15)22-19(25)17-12-14(17)3/h6,8-9,13-14,17-18H,4-5,7,10-12H2,1-3H3,(H,22,25). The maximum atomic E-state index is 13.0. The number of amides is 3. The van der Waals surface area contributed by atoms with Gasteiger partial charge in [0.05, 0.1) is 0 Å². The predicted octanol–water partition coefficient (Wildman–Crippen LogP) is 2.75. The van der Waals surface area contributed by atoms with Crippen molar-refractivity contribution in [3.63, 3.8) is 0 Å². The number of carbonyl (C=O) groups is 3. The number of anilines is 1. The molecule has 0 spiro atoms. The van der Waals surface area contributed by atoms with Gasteiger partial charge in [-0.3, -0.25) is 14.4 Å². The molecular formula is C21H29N3O3. The van der Waals surface area contributed by atoms with Gasteiger partial charge in [0.1, 0.15) is 6.04 Å². The fourth-order valence-corrected chi connectivity index (χ4v) is 3.83. The number of hydrogen-bond donors (Lipinski definition) is 1. The first kappa shape index (κ1) is 19.4. The number of likely N-dealkylation sites (tertiary alicyclic amines) is 1. The fourth-order valence-electron chi connectivity index (χ4n) is 3.83. The summed E-state index contributed by atoms with van der Waals surface area (Å²) in [6.07, 6.45) is 2.46. The van der Waals surface area contributed by atoms with E-state index in [2.05, 4.69) is 12.2 Å². The van der Waals surface area contributed by atoms with Crippen LogP contribution in [0.2, 0.25) is 0 Å². The minimum Gasteiger partial charge on any atom is -0.341 e. The van der Waals surface area contributed by atoms with E-state index in [1.54, 1.807) is 34.1 Å². The molecule has 1 saturated heterocycles.